The largest absolute Gasteiger partial charge is 0.493 e. The van der Waals surface area contributed by atoms with Crippen molar-refractivity contribution in [3.05, 3.63) is 34.7 Å². The smallest absolute Gasteiger partial charge is 0.336 e. The molecule has 1 atom stereocenters. The minimum atomic E-state index is -0.431. The SMILES string of the molecule is COc1ccc2ccc(=O)oc2c1OCC[C@H](C)CO. The molecule has 0 saturated carbocycles. The predicted molar refractivity (Wildman–Crippen MR) is 75.4 cm³/mol. The van der Waals surface area contributed by atoms with Gasteiger partial charge in [0.25, 0.3) is 0 Å². The van der Waals surface area contributed by atoms with Crippen molar-refractivity contribution in [1.29, 1.82) is 0 Å². The van der Waals surface area contributed by atoms with Gasteiger partial charge in [-0.3, -0.25) is 0 Å². The van der Waals surface area contributed by atoms with Crippen LogP contribution >= 0.6 is 0 Å². The molecule has 0 fully saturated rings. The number of methoxy groups -OCH3 is 1. The second-order valence-electron chi connectivity index (χ2n) is 4.69. The van der Waals surface area contributed by atoms with Crippen molar-refractivity contribution in [3.63, 3.8) is 0 Å². The Morgan fingerprint density at radius 3 is 2.75 bits per heavy atom. The summed E-state index contributed by atoms with van der Waals surface area (Å²) in [4.78, 5) is 11.4. The number of benzene rings is 1. The maximum atomic E-state index is 11.4. The molecule has 2 aromatic rings. The second-order valence-corrected chi connectivity index (χ2v) is 4.69. The number of hydrogen-bond donors (Lipinski definition) is 1. The molecule has 0 bridgehead atoms. The van der Waals surface area contributed by atoms with Crippen LogP contribution in [0.3, 0.4) is 0 Å². The summed E-state index contributed by atoms with van der Waals surface area (Å²) in [6.45, 7) is 2.46. The topological polar surface area (TPSA) is 68.9 Å². The number of aliphatic hydroxyl groups excluding tert-OH is 1. The molecule has 0 unspecified atom stereocenters. The lowest BCUT2D eigenvalue weighted by Gasteiger charge is -2.13. The Labute approximate surface area is 116 Å². The van der Waals surface area contributed by atoms with Crippen molar-refractivity contribution < 1.29 is 19.0 Å². The van der Waals surface area contributed by atoms with Crippen LogP contribution in [-0.2, 0) is 0 Å². The van der Waals surface area contributed by atoms with Crippen LogP contribution in [0.1, 0.15) is 13.3 Å². The van der Waals surface area contributed by atoms with Crippen LogP contribution < -0.4 is 15.1 Å². The van der Waals surface area contributed by atoms with E-state index in [4.69, 9.17) is 19.0 Å². The highest BCUT2D eigenvalue weighted by atomic mass is 16.5. The van der Waals surface area contributed by atoms with Gasteiger partial charge in [-0.25, -0.2) is 4.79 Å². The van der Waals surface area contributed by atoms with E-state index in [0.29, 0.717) is 30.1 Å². The summed E-state index contributed by atoms with van der Waals surface area (Å²) in [6.07, 6.45) is 0.701. The van der Waals surface area contributed by atoms with Gasteiger partial charge in [-0.1, -0.05) is 6.92 Å². The second kappa shape index (κ2) is 6.43. The molecule has 0 spiro atoms. The van der Waals surface area contributed by atoms with E-state index in [-0.39, 0.29) is 12.5 Å². The van der Waals surface area contributed by atoms with Gasteiger partial charge in [0.15, 0.2) is 11.3 Å². The van der Waals surface area contributed by atoms with E-state index in [2.05, 4.69) is 0 Å². The summed E-state index contributed by atoms with van der Waals surface area (Å²) in [7, 11) is 1.53. The van der Waals surface area contributed by atoms with E-state index in [0.717, 1.165) is 5.39 Å². The number of fused-ring (bicyclic) bond motifs is 1. The fourth-order valence-corrected chi connectivity index (χ4v) is 1.84. The lowest BCUT2D eigenvalue weighted by Crippen LogP contribution is -2.08. The third-order valence-electron chi connectivity index (χ3n) is 3.10. The molecule has 20 heavy (non-hydrogen) atoms. The van der Waals surface area contributed by atoms with Crippen molar-refractivity contribution in [2.24, 2.45) is 5.92 Å². The van der Waals surface area contributed by atoms with Gasteiger partial charge in [-0.05, 0) is 30.5 Å². The first-order chi connectivity index (χ1) is 9.65. The zero-order valence-electron chi connectivity index (χ0n) is 11.6. The Kier molecular flexibility index (Phi) is 4.63. The summed E-state index contributed by atoms with van der Waals surface area (Å²) in [5, 5.41) is 9.77. The fourth-order valence-electron chi connectivity index (χ4n) is 1.84. The van der Waals surface area contributed by atoms with E-state index >= 15 is 0 Å². The Hall–Kier alpha value is -2.01. The van der Waals surface area contributed by atoms with Gasteiger partial charge in [-0.15, -0.1) is 0 Å². The van der Waals surface area contributed by atoms with Crippen LogP contribution in [0.2, 0.25) is 0 Å². The normalized spacial score (nSPS) is 12.3. The van der Waals surface area contributed by atoms with Crippen molar-refractivity contribution in [1.82, 2.24) is 0 Å². The minimum absolute atomic E-state index is 0.116. The summed E-state index contributed by atoms with van der Waals surface area (Å²) >= 11 is 0. The van der Waals surface area contributed by atoms with E-state index in [1.54, 1.807) is 18.2 Å². The van der Waals surface area contributed by atoms with Gasteiger partial charge in [0.2, 0.25) is 5.75 Å². The molecule has 0 aliphatic rings. The molecule has 5 heteroatoms. The highest BCUT2D eigenvalue weighted by Gasteiger charge is 2.13. The lowest BCUT2D eigenvalue weighted by molar-refractivity contribution is 0.199. The quantitative estimate of drug-likeness (QED) is 0.820. The summed E-state index contributed by atoms with van der Waals surface area (Å²) in [5.41, 5.74) is -0.0483. The molecule has 0 aliphatic carbocycles. The van der Waals surface area contributed by atoms with Gasteiger partial charge in [0, 0.05) is 18.1 Å². The van der Waals surface area contributed by atoms with E-state index in [1.165, 1.54) is 13.2 Å². The molecule has 108 valence electrons. The Bertz CT molecular complexity index is 632. The van der Waals surface area contributed by atoms with Crippen molar-refractivity contribution in [2.45, 2.75) is 13.3 Å². The summed E-state index contributed by atoms with van der Waals surface area (Å²) < 4.78 is 16.1. The van der Waals surface area contributed by atoms with Crippen LogP contribution in [0, 0.1) is 5.92 Å². The minimum Gasteiger partial charge on any atom is -0.493 e. The molecule has 0 amide bonds. The van der Waals surface area contributed by atoms with Gasteiger partial charge in [0.1, 0.15) is 0 Å². The van der Waals surface area contributed by atoms with Crippen LogP contribution in [-0.4, -0.2) is 25.4 Å². The molecule has 2 rings (SSSR count). The van der Waals surface area contributed by atoms with Crippen molar-refractivity contribution >= 4 is 11.0 Å². The van der Waals surface area contributed by atoms with Crippen LogP contribution in [0.5, 0.6) is 11.5 Å². The van der Waals surface area contributed by atoms with Gasteiger partial charge in [-0.2, -0.15) is 0 Å². The molecular formula is C15H18O5. The predicted octanol–water partition coefficient (Wildman–Crippen LogP) is 2.20. The Morgan fingerprint density at radius 1 is 1.30 bits per heavy atom. The molecule has 1 heterocycles. The van der Waals surface area contributed by atoms with Crippen LogP contribution in [0.25, 0.3) is 11.0 Å². The standard InChI is InChI=1S/C15H18O5/c1-10(9-16)7-8-19-15-12(18-2)5-3-11-4-6-13(17)20-14(11)15/h3-6,10,16H,7-9H2,1-2H3/t10-/m0/s1. The van der Waals surface area contributed by atoms with E-state index < -0.39 is 5.63 Å². The summed E-state index contributed by atoms with van der Waals surface area (Å²) in [5.74, 6) is 1.10. The zero-order valence-corrected chi connectivity index (χ0v) is 11.6. The molecule has 0 radical (unpaired) electrons. The van der Waals surface area contributed by atoms with Gasteiger partial charge in [0.05, 0.1) is 13.7 Å². The van der Waals surface area contributed by atoms with Crippen molar-refractivity contribution in [3.8, 4) is 11.5 Å². The molecule has 1 N–H and O–H groups in total. The number of rotatable bonds is 6. The first-order valence-electron chi connectivity index (χ1n) is 6.50. The van der Waals surface area contributed by atoms with Gasteiger partial charge < -0.3 is 19.0 Å². The third-order valence-corrected chi connectivity index (χ3v) is 3.10. The highest BCUT2D eigenvalue weighted by molar-refractivity contribution is 5.85. The third kappa shape index (κ3) is 3.11. The molecule has 5 nitrogen and oxygen atoms in total. The first kappa shape index (κ1) is 14.4. The first-order valence-corrected chi connectivity index (χ1v) is 6.50. The molecule has 0 saturated heterocycles. The Balaban J connectivity index is 2.33. The highest BCUT2D eigenvalue weighted by Crippen LogP contribution is 2.35. The monoisotopic (exact) mass is 278 g/mol. The van der Waals surface area contributed by atoms with E-state index in [9.17, 15) is 4.79 Å². The fraction of sp³-hybridized carbons (Fsp3) is 0.400. The Morgan fingerprint density at radius 2 is 2.05 bits per heavy atom. The van der Waals surface area contributed by atoms with Gasteiger partial charge >= 0.3 is 5.63 Å². The molecule has 1 aromatic heterocycles. The average Bonchev–Trinajstić information content (AvgIpc) is 2.47. The molecular weight excluding hydrogens is 260 g/mol. The van der Waals surface area contributed by atoms with Crippen LogP contribution in [0.4, 0.5) is 0 Å². The maximum absolute atomic E-state index is 11.4. The lowest BCUT2D eigenvalue weighted by atomic mass is 10.1. The van der Waals surface area contributed by atoms with Crippen molar-refractivity contribution in [2.75, 3.05) is 20.3 Å². The van der Waals surface area contributed by atoms with Crippen LogP contribution in [0.15, 0.2) is 33.5 Å². The number of ether oxygens (including phenoxy) is 2. The molecule has 0 aliphatic heterocycles. The number of hydrogen-bond acceptors (Lipinski definition) is 5. The average molecular weight is 278 g/mol. The zero-order chi connectivity index (χ0) is 14.5. The van der Waals surface area contributed by atoms with E-state index in [1.807, 2.05) is 6.92 Å². The maximum Gasteiger partial charge on any atom is 0.336 e. The molecule has 1 aromatic carbocycles. The number of aliphatic hydroxyl groups is 1. The summed E-state index contributed by atoms with van der Waals surface area (Å²) in [6, 6.07) is 6.63.